The van der Waals surface area contributed by atoms with Crippen molar-refractivity contribution in [3.05, 3.63) is 29.8 Å². The van der Waals surface area contributed by atoms with Crippen molar-refractivity contribution in [2.75, 3.05) is 6.61 Å². The van der Waals surface area contributed by atoms with Crippen LogP contribution in [0.2, 0.25) is 0 Å². The molecule has 1 unspecified atom stereocenters. The maximum absolute atomic E-state index is 10.8. The highest BCUT2D eigenvalue weighted by molar-refractivity contribution is 8.27. The molecule has 0 heterocycles. The Hall–Kier alpha value is -0.690. The van der Waals surface area contributed by atoms with Gasteiger partial charge >= 0.3 is 0 Å². The maximum Gasteiger partial charge on any atom is 0.266 e. The van der Waals surface area contributed by atoms with Crippen LogP contribution < -0.4 is 4.74 Å². The molecule has 0 bridgehead atoms. The van der Waals surface area contributed by atoms with Crippen molar-refractivity contribution >= 4 is 20.2 Å². The zero-order valence-corrected chi connectivity index (χ0v) is 12.1. The van der Waals surface area contributed by atoms with Crippen LogP contribution >= 0.6 is 0 Å². The Balaban J connectivity index is 2.42. The highest BCUT2D eigenvalue weighted by atomic mass is 32.9. The zero-order valence-electron chi connectivity index (χ0n) is 10.5. The molecule has 6 heteroatoms. The van der Waals surface area contributed by atoms with E-state index in [2.05, 4.69) is 29.2 Å². The molecule has 1 rings (SSSR count). The van der Waals surface area contributed by atoms with Crippen LogP contribution in [0.4, 0.5) is 0 Å². The average molecular weight is 290 g/mol. The lowest BCUT2D eigenvalue weighted by Crippen LogP contribution is -2.03. The number of hydrogen-bond acceptors (Lipinski definition) is 4. The minimum atomic E-state index is -3.55. The number of hydrogen-bond donors (Lipinski definition) is 1. The largest absolute Gasteiger partial charge is 0.494 e. The van der Waals surface area contributed by atoms with Crippen molar-refractivity contribution < 1.29 is 17.7 Å². The lowest BCUT2D eigenvalue weighted by molar-refractivity contribution is 0.287. The minimum Gasteiger partial charge on any atom is -0.494 e. The lowest BCUT2D eigenvalue weighted by Gasteiger charge is -2.08. The van der Waals surface area contributed by atoms with Gasteiger partial charge in [-0.1, -0.05) is 26.0 Å². The Kier molecular flexibility index (Phi) is 6.01. The van der Waals surface area contributed by atoms with E-state index in [0.29, 0.717) is 12.5 Å². The number of benzene rings is 1. The molecule has 1 N–H and O–H groups in total. The fraction of sp³-hybridized carbons (Fsp3) is 0.500. The first kappa shape index (κ1) is 15.4. The van der Waals surface area contributed by atoms with Gasteiger partial charge in [0.25, 0.3) is 9.05 Å². The van der Waals surface area contributed by atoms with Crippen LogP contribution in [-0.4, -0.2) is 15.4 Å². The molecule has 4 nitrogen and oxygen atoms in total. The Labute approximate surface area is 113 Å². The van der Waals surface area contributed by atoms with E-state index in [1.54, 1.807) is 12.1 Å². The van der Waals surface area contributed by atoms with Gasteiger partial charge in [-0.3, -0.25) is 8.74 Å². The second-order valence-corrected chi connectivity index (χ2v) is 6.72. The highest BCUT2D eigenvalue weighted by Crippen LogP contribution is 2.14. The molecular weight excluding hydrogens is 272 g/mol. The molecule has 0 saturated heterocycles. The summed E-state index contributed by atoms with van der Waals surface area (Å²) in [7, 11) is -3.55. The van der Waals surface area contributed by atoms with E-state index in [9.17, 15) is 4.21 Å². The smallest absolute Gasteiger partial charge is 0.266 e. The van der Waals surface area contributed by atoms with Gasteiger partial charge in [-0.2, -0.15) is 4.21 Å². The van der Waals surface area contributed by atoms with Gasteiger partial charge in [-0.05, 0) is 30.0 Å². The van der Waals surface area contributed by atoms with Crippen LogP contribution in [0.5, 0.6) is 5.75 Å². The first-order chi connectivity index (χ1) is 8.37. The first-order valence-electron chi connectivity index (χ1n) is 5.70. The van der Waals surface area contributed by atoms with Gasteiger partial charge in [0, 0.05) is 11.2 Å². The van der Waals surface area contributed by atoms with E-state index in [4.69, 9.17) is 9.29 Å². The van der Waals surface area contributed by atoms with Gasteiger partial charge < -0.3 is 4.74 Å². The molecule has 1 atom stereocenters. The Morgan fingerprint density at radius 2 is 1.94 bits per heavy atom. The standard InChI is InChI=1S/C12H18O4S2/c1-10(2)7-8-15-12-5-3-11(4-6-12)9-16-18(13,14)17/h3-6,10H,7-9H2,1-2H3,(H,13,14,17). The molecule has 0 fully saturated rings. The molecule has 1 aromatic carbocycles. The van der Waals surface area contributed by atoms with Crippen LogP contribution in [0.1, 0.15) is 25.8 Å². The molecule has 1 aromatic rings. The molecule has 0 spiro atoms. The monoisotopic (exact) mass is 290 g/mol. The summed E-state index contributed by atoms with van der Waals surface area (Å²) >= 11 is 4.23. The van der Waals surface area contributed by atoms with Gasteiger partial charge in [-0.25, -0.2) is 0 Å². The van der Waals surface area contributed by atoms with Crippen LogP contribution in [0, 0.1) is 5.92 Å². The lowest BCUT2D eigenvalue weighted by atomic mass is 10.1. The highest BCUT2D eigenvalue weighted by Gasteiger charge is 2.02. The molecule has 0 aliphatic rings. The Morgan fingerprint density at radius 1 is 1.33 bits per heavy atom. The zero-order chi connectivity index (χ0) is 13.6. The van der Waals surface area contributed by atoms with Gasteiger partial charge in [0.1, 0.15) is 5.75 Å². The summed E-state index contributed by atoms with van der Waals surface area (Å²) in [5.41, 5.74) is 0.776. The van der Waals surface area contributed by atoms with Crippen molar-refractivity contribution in [1.82, 2.24) is 0 Å². The molecule has 0 amide bonds. The predicted molar refractivity (Wildman–Crippen MR) is 74.3 cm³/mol. The van der Waals surface area contributed by atoms with Crippen molar-refractivity contribution in [2.24, 2.45) is 5.92 Å². The summed E-state index contributed by atoms with van der Waals surface area (Å²) in [5, 5.41) is 0. The van der Waals surface area contributed by atoms with Crippen LogP contribution in [0.3, 0.4) is 0 Å². The topological polar surface area (TPSA) is 55.8 Å². The van der Waals surface area contributed by atoms with Gasteiger partial charge in [0.05, 0.1) is 13.2 Å². The Morgan fingerprint density at radius 3 is 2.44 bits per heavy atom. The summed E-state index contributed by atoms with van der Waals surface area (Å²) in [6.45, 7) is 4.99. The molecule has 0 saturated carbocycles. The summed E-state index contributed by atoms with van der Waals surface area (Å²) in [4.78, 5) is 0. The van der Waals surface area contributed by atoms with Crippen molar-refractivity contribution in [3.8, 4) is 5.75 Å². The molecule has 102 valence electrons. The third kappa shape index (κ3) is 6.90. The van der Waals surface area contributed by atoms with Crippen LogP contribution in [-0.2, 0) is 31.0 Å². The van der Waals surface area contributed by atoms with E-state index < -0.39 is 9.05 Å². The van der Waals surface area contributed by atoms with E-state index in [1.807, 2.05) is 12.1 Å². The first-order valence-corrected chi connectivity index (χ1v) is 8.07. The van der Waals surface area contributed by atoms with E-state index >= 15 is 0 Å². The minimum absolute atomic E-state index is 0.0190. The fourth-order valence-corrected chi connectivity index (χ4v) is 1.67. The van der Waals surface area contributed by atoms with E-state index in [0.717, 1.165) is 17.7 Å². The van der Waals surface area contributed by atoms with E-state index in [1.165, 1.54) is 0 Å². The molecule has 0 radical (unpaired) electrons. The summed E-state index contributed by atoms with van der Waals surface area (Å²) < 4.78 is 29.7. The quantitative estimate of drug-likeness (QED) is 0.837. The van der Waals surface area contributed by atoms with Crippen molar-refractivity contribution in [2.45, 2.75) is 26.9 Å². The predicted octanol–water partition coefficient (Wildman–Crippen LogP) is 2.76. The second kappa shape index (κ2) is 7.04. The SMILES string of the molecule is CC(C)CCOc1ccc(COS(=O)(O)=S)cc1. The third-order valence-electron chi connectivity index (χ3n) is 2.26. The Bertz CT molecular complexity index is 451. The van der Waals surface area contributed by atoms with Crippen LogP contribution in [0.25, 0.3) is 0 Å². The maximum atomic E-state index is 10.8. The van der Waals surface area contributed by atoms with Gasteiger partial charge in [0.2, 0.25) is 0 Å². The number of ether oxygens (including phenoxy) is 1. The van der Waals surface area contributed by atoms with Crippen molar-refractivity contribution in [3.63, 3.8) is 0 Å². The second-order valence-electron chi connectivity index (χ2n) is 4.36. The normalized spacial score (nSPS) is 14.4. The molecule has 0 aliphatic heterocycles. The molecule has 0 aromatic heterocycles. The fourth-order valence-electron chi connectivity index (χ4n) is 1.24. The molecule has 18 heavy (non-hydrogen) atoms. The van der Waals surface area contributed by atoms with Crippen LogP contribution in [0.15, 0.2) is 24.3 Å². The van der Waals surface area contributed by atoms with Gasteiger partial charge in [-0.15, -0.1) is 0 Å². The molecule has 0 aliphatic carbocycles. The third-order valence-corrected chi connectivity index (χ3v) is 2.97. The van der Waals surface area contributed by atoms with Gasteiger partial charge in [0.15, 0.2) is 0 Å². The summed E-state index contributed by atoms with van der Waals surface area (Å²) in [5.74, 6) is 1.39. The van der Waals surface area contributed by atoms with Crippen molar-refractivity contribution in [1.29, 1.82) is 0 Å². The van der Waals surface area contributed by atoms with E-state index in [-0.39, 0.29) is 6.61 Å². The summed E-state index contributed by atoms with van der Waals surface area (Å²) in [6, 6.07) is 7.18. The summed E-state index contributed by atoms with van der Waals surface area (Å²) in [6.07, 6.45) is 1.01. The average Bonchev–Trinajstić information content (AvgIpc) is 2.26. The molecular formula is C12H18O4S2. The number of rotatable bonds is 7.